The lowest BCUT2D eigenvalue weighted by Gasteiger charge is -2.23. The van der Waals surface area contributed by atoms with Gasteiger partial charge in [0.1, 0.15) is 5.01 Å². The van der Waals surface area contributed by atoms with Crippen molar-refractivity contribution >= 4 is 27.1 Å². The number of sulfone groups is 1. The molecule has 1 atom stereocenters. The van der Waals surface area contributed by atoms with Gasteiger partial charge >= 0.3 is 0 Å². The topological polar surface area (TPSA) is 76.1 Å². The summed E-state index contributed by atoms with van der Waals surface area (Å²) in [4.78, 5) is 16.7. The van der Waals surface area contributed by atoms with Gasteiger partial charge in [0.15, 0.2) is 9.84 Å². The van der Waals surface area contributed by atoms with E-state index in [1.807, 2.05) is 36.6 Å². The molecule has 1 amide bonds. The molecule has 1 aromatic carbocycles. The fourth-order valence-electron chi connectivity index (χ4n) is 2.87. The van der Waals surface area contributed by atoms with Crippen LogP contribution >= 0.6 is 11.3 Å². The van der Waals surface area contributed by atoms with Crippen LogP contribution in [0.1, 0.15) is 24.6 Å². The minimum Gasteiger partial charge on any atom is -0.350 e. The Bertz CT molecular complexity index is 856. The minimum absolute atomic E-state index is 0.0113. The number of nitrogens with zero attached hydrogens (tertiary/aromatic N) is 1. The second-order valence-electron chi connectivity index (χ2n) is 6.64. The quantitative estimate of drug-likeness (QED) is 0.903. The molecule has 0 spiro atoms. The van der Waals surface area contributed by atoms with Gasteiger partial charge in [-0.25, -0.2) is 13.4 Å². The number of rotatable bonds is 4. The van der Waals surface area contributed by atoms with Crippen molar-refractivity contribution in [2.24, 2.45) is 0 Å². The predicted octanol–water partition coefficient (Wildman–Crippen LogP) is 2.35. The molecule has 1 aliphatic heterocycles. The molecule has 2 heterocycles. The van der Waals surface area contributed by atoms with Crippen LogP contribution in [0.25, 0.3) is 10.6 Å². The summed E-state index contributed by atoms with van der Waals surface area (Å²) in [5, 5.41) is 5.62. The van der Waals surface area contributed by atoms with Gasteiger partial charge in [-0.3, -0.25) is 4.79 Å². The first-order valence-corrected chi connectivity index (χ1v) is 10.5. The number of thiazole rings is 1. The summed E-state index contributed by atoms with van der Waals surface area (Å²) in [6.45, 7) is 3.82. The Balaban J connectivity index is 1.64. The van der Waals surface area contributed by atoms with Crippen molar-refractivity contribution in [3.63, 3.8) is 0 Å². The second kappa shape index (κ2) is 6.29. The summed E-state index contributed by atoms with van der Waals surface area (Å²) in [7, 11) is -3.04. The van der Waals surface area contributed by atoms with Gasteiger partial charge in [0.2, 0.25) is 5.91 Å². The Hall–Kier alpha value is -1.73. The van der Waals surface area contributed by atoms with Crippen LogP contribution in [0.5, 0.6) is 0 Å². The van der Waals surface area contributed by atoms with Crippen LogP contribution in [0.3, 0.4) is 0 Å². The molecule has 0 bridgehead atoms. The Morgan fingerprint density at radius 2 is 2.04 bits per heavy atom. The maximum atomic E-state index is 12.2. The van der Waals surface area contributed by atoms with Crippen LogP contribution in [0.4, 0.5) is 0 Å². The van der Waals surface area contributed by atoms with E-state index in [0.717, 1.165) is 10.6 Å². The average Bonchev–Trinajstić information content (AvgIpc) is 3.04. The average molecular weight is 364 g/mol. The number of hydrogen-bond donors (Lipinski definition) is 1. The molecule has 5 nitrogen and oxygen atoms in total. The van der Waals surface area contributed by atoms with Gasteiger partial charge in [0, 0.05) is 10.9 Å². The van der Waals surface area contributed by atoms with E-state index in [2.05, 4.69) is 10.3 Å². The lowest BCUT2D eigenvalue weighted by Crippen LogP contribution is -2.47. The zero-order chi connectivity index (χ0) is 17.4. The maximum absolute atomic E-state index is 12.2. The molecule has 3 rings (SSSR count). The highest BCUT2D eigenvalue weighted by Crippen LogP contribution is 2.25. The molecule has 7 heteroatoms. The molecule has 2 aromatic rings. The molecule has 1 aromatic heterocycles. The number of aryl methyl sites for hydroxylation is 1. The van der Waals surface area contributed by atoms with Gasteiger partial charge in [-0.2, -0.15) is 0 Å². The van der Waals surface area contributed by atoms with Crippen LogP contribution in [0.15, 0.2) is 29.6 Å². The van der Waals surface area contributed by atoms with Gasteiger partial charge < -0.3 is 5.32 Å². The van der Waals surface area contributed by atoms with Crippen molar-refractivity contribution in [1.29, 1.82) is 0 Å². The second-order valence-corrected chi connectivity index (χ2v) is 9.68. The largest absolute Gasteiger partial charge is 0.350 e. The summed E-state index contributed by atoms with van der Waals surface area (Å²) in [6, 6.07) is 8.10. The Kier molecular flexibility index (Phi) is 4.48. The third-order valence-corrected chi connectivity index (χ3v) is 6.98. The number of hydrogen-bond acceptors (Lipinski definition) is 5. The lowest BCUT2D eigenvalue weighted by atomic mass is 10.0. The van der Waals surface area contributed by atoms with E-state index in [1.165, 1.54) is 16.9 Å². The first-order chi connectivity index (χ1) is 11.2. The standard InChI is InChI=1S/C17H20N2O3S2/c1-12-3-5-13(6-4-12)16-18-14(10-23-16)9-15(20)19-17(2)7-8-24(21,22)11-17/h3-6,10H,7-9,11H2,1-2H3,(H,19,20). The van der Waals surface area contributed by atoms with E-state index in [1.54, 1.807) is 6.92 Å². The van der Waals surface area contributed by atoms with E-state index < -0.39 is 15.4 Å². The zero-order valence-electron chi connectivity index (χ0n) is 13.7. The molecular weight excluding hydrogens is 344 g/mol. The van der Waals surface area contributed by atoms with Crippen molar-refractivity contribution in [1.82, 2.24) is 10.3 Å². The zero-order valence-corrected chi connectivity index (χ0v) is 15.3. The Labute approximate surface area is 146 Å². The highest BCUT2D eigenvalue weighted by Gasteiger charge is 2.39. The molecule has 0 saturated carbocycles. The van der Waals surface area contributed by atoms with Crippen molar-refractivity contribution in [2.45, 2.75) is 32.2 Å². The molecule has 1 N–H and O–H groups in total. The third kappa shape index (κ3) is 4.02. The van der Waals surface area contributed by atoms with Gasteiger partial charge in [0.25, 0.3) is 0 Å². The summed E-state index contributed by atoms with van der Waals surface area (Å²) in [5.74, 6) is -0.0366. The number of aromatic nitrogens is 1. The van der Waals surface area contributed by atoms with Crippen molar-refractivity contribution < 1.29 is 13.2 Å². The number of nitrogens with one attached hydrogen (secondary N) is 1. The smallest absolute Gasteiger partial charge is 0.226 e. The summed E-state index contributed by atoms with van der Waals surface area (Å²) in [6.07, 6.45) is 0.630. The normalized spacial score (nSPS) is 22.4. The fourth-order valence-corrected chi connectivity index (χ4v) is 5.79. The van der Waals surface area contributed by atoms with Crippen LogP contribution in [-0.4, -0.2) is 36.4 Å². The monoisotopic (exact) mass is 364 g/mol. The number of carbonyl (C=O) groups is 1. The summed E-state index contributed by atoms with van der Waals surface area (Å²) in [5.41, 5.74) is 2.27. The molecule has 1 aliphatic rings. The lowest BCUT2D eigenvalue weighted by molar-refractivity contribution is -0.121. The van der Waals surface area contributed by atoms with Gasteiger partial charge in [-0.15, -0.1) is 11.3 Å². The van der Waals surface area contributed by atoms with Crippen molar-refractivity contribution in [3.8, 4) is 10.6 Å². The minimum atomic E-state index is -3.04. The highest BCUT2D eigenvalue weighted by molar-refractivity contribution is 7.91. The fraction of sp³-hybridized carbons (Fsp3) is 0.412. The number of carbonyl (C=O) groups excluding carboxylic acids is 1. The van der Waals surface area contributed by atoms with E-state index in [-0.39, 0.29) is 23.8 Å². The van der Waals surface area contributed by atoms with E-state index in [4.69, 9.17) is 0 Å². The molecule has 128 valence electrons. The van der Waals surface area contributed by atoms with Crippen molar-refractivity contribution in [2.75, 3.05) is 11.5 Å². The molecule has 1 unspecified atom stereocenters. The summed E-state index contributed by atoms with van der Waals surface area (Å²) < 4.78 is 23.2. The van der Waals surface area contributed by atoms with Gasteiger partial charge in [-0.05, 0) is 20.3 Å². The van der Waals surface area contributed by atoms with Crippen LogP contribution in [0, 0.1) is 6.92 Å². The van der Waals surface area contributed by atoms with Gasteiger partial charge in [-0.1, -0.05) is 29.8 Å². The third-order valence-electron chi connectivity index (χ3n) is 4.14. The first-order valence-electron chi connectivity index (χ1n) is 7.78. The predicted molar refractivity (Wildman–Crippen MR) is 95.8 cm³/mol. The molecule has 0 aliphatic carbocycles. The van der Waals surface area contributed by atoms with Crippen LogP contribution in [-0.2, 0) is 21.1 Å². The van der Waals surface area contributed by atoms with E-state index in [0.29, 0.717) is 12.1 Å². The van der Waals surface area contributed by atoms with Gasteiger partial charge in [0.05, 0.1) is 29.2 Å². The van der Waals surface area contributed by atoms with E-state index >= 15 is 0 Å². The number of amides is 1. The Morgan fingerprint density at radius 1 is 1.33 bits per heavy atom. The number of benzene rings is 1. The summed E-state index contributed by atoms with van der Waals surface area (Å²) >= 11 is 1.51. The van der Waals surface area contributed by atoms with Crippen LogP contribution in [0.2, 0.25) is 0 Å². The molecular formula is C17H20N2O3S2. The van der Waals surface area contributed by atoms with E-state index in [9.17, 15) is 13.2 Å². The molecule has 1 fully saturated rings. The molecule has 24 heavy (non-hydrogen) atoms. The highest BCUT2D eigenvalue weighted by atomic mass is 32.2. The first kappa shape index (κ1) is 17.1. The molecule has 0 radical (unpaired) electrons. The van der Waals surface area contributed by atoms with Crippen LogP contribution < -0.4 is 5.32 Å². The van der Waals surface area contributed by atoms with Crippen molar-refractivity contribution in [3.05, 3.63) is 40.9 Å². The maximum Gasteiger partial charge on any atom is 0.226 e. The molecule has 1 saturated heterocycles. The Morgan fingerprint density at radius 3 is 2.67 bits per heavy atom. The SMILES string of the molecule is Cc1ccc(-c2nc(CC(=O)NC3(C)CCS(=O)(=O)C3)cs2)cc1.